The highest BCUT2D eigenvalue weighted by atomic mass is 15.0. The van der Waals surface area contributed by atoms with Gasteiger partial charge in [0.1, 0.15) is 0 Å². The van der Waals surface area contributed by atoms with E-state index in [4.69, 9.17) is 0 Å². The summed E-state index contributed by atoms with van der Waals surface area (Å²) in [6.45, 7) is 11.4. The van der Waals surface area contributed by atoms with Crippen molar-refractivity contribution in [3.63, 3.8) is 0 Å². The molecule has 1 aromatic carbocycles. The summed E-state index contributed by atoms with van der Waals surface area (Å²) >= 11 is 0. The van der Waals surface area contributed by atoms with Gasteiger partial charge in [0.2, 0.25) is 0 Å². The lowest BCUT2D eigenvalue weighted by atomic mass is 9.82. The van der Waals surface area contributed by atoms with E-state index in [1.54, 1.807) is 0 Å². The van der Waals surface area contributed by atoms with E-state index >= 15 is 0 Å². The van der Waals surface area contributed by atoms with Crippen molar-refractivity contribution in [2.45, 2.75) is 78.8 Å². The molecule has 112 valence electrons. The van der Waals surface area contributed by atoms with Crippen LogP contribution in [0.2, 0.25) is 0 Å². The SMILES string of the molecule is CCC1CCCCC1NC(C)c1cc(C)c(C)cc1C. The van der Waals surface area contributed by atoms with E-state index in [0.29, 0.717) is 12.1 Å². The molecule has 0 amide bonds. The molecular formula is C19H31N. The van der Waals surface area contributed by atoms with Crippen LogP contribution < -0.4 is 5.32 Å². The minimum atomic E-state index is 0.464. The lowest BCUT2D eigenvalue weighted by Crippen LogP contribution is -2.39. The summed E-state index contributed by atoms with van der Waals surface area (Å²) in [6, 6.07) is 5.89. The van der Waals surface area contributed by atoms with Crippen molar-refractivity contribution >= 4 is 0 Å². The molecule has 0 spiro atoms. The van der Waals surface area contributed by atoms with Crippen LogP contribution in [0, 0.1) is 26.7 Å². The molecule has 0 bridgehead atoms. The number of aryl methyl sites for hydroxylation is 3. The van der Waals surface area contributed by atoms with Crippen LogP contribution in [0.1, 0.15) is 74.2 Å². The van der Waals surface area contributed by atoms with Gasteiger partial charge in [-0.25, -0.2) is 0 Å². The van der Waals surface area contributed by atoms with Crippen LogP contribution in [0.5, 0.6) is 0 Å². The highest BCUT2D eigenvalue weighted by Gasteiger charge is 2.25. The Labute approximate surface area is 125 Å². The highest BCUT2D eigenvalue weighted by Crippen LogP contribution is 2.30. The number of hydrogen-bond donors (Lipinski definition) is 1. The molecule has 1 aliphatic carbocycles. The van der Waals surface area contributed by atoms with Gasteiger partial charge in [-0.2, -0.15) is 0 Å². The third-order valence-electron chi connectivity index (χ3n) is 5.25. The zero-order valence-corrected chi connectivity index (χ0v) is 13.9. The average Bonchev–Trinajstić information content (AvgIpc) is 2.43. The quantitative estimate of drug-likeness (QED) is 0.792. The van der Waals surface area contributed by atoms with Gasteiger partial charge in [-0.05, 0) is 68.7 Å². The number of hydrogen-bond acceptors (Lipinski definition) is 1. The van der Waals surface area contributed by atoms with Crippen molar-refractivity contribution < 1.29 is 0 Å². The molecule has 0 heterocycles. The highest BCUT2D eigenvalue weighted by molar-refractivity contribution is 5.38. The van der Waals surface area contributed by atoms with Crippen molar-refractivity contribution in [3.05, 3.63) is 34.4 Å². The Kier molecular flexibility index (Phi) is 5.26. The lowest BCUT2D eigenvalue weighted by Gasteiger charge is -2.34. The number of nitrogens with one attached hydrogen (secondary N) is 1. The summed E-state index contributed by atoms with van der Waals surface area (Å²) in [5.41, 5.74) is 5.72. The van der Waals surface area contributed by atoms with Crippen molar-refractivity contribution in [1.29, 1.82) is 0 Å². The molecule has 1 N–H and O–H groups in total. The standard InChI is InChI=1S/C19H31N/c1-6-17-9-7-8-10-19(17)20-16(5)18-12-14(3)13(2)11-15(18)4/h11-12,16-17,19-20H,6-10H2,1-5H3. The minimum absolute atomic E-state index is 0.464. The van der Waals surface area contributed by atoms with Crippen LogP contribution in [0.3, 0.4) is 0 Å². The van der Waals surface area contributed by atoms with Crippen LogP contribution in [0.15, 0.2) is 12.1 Å². The summed E-state index contributed by atoms with van der Waals surface area (Å²) in [7, 11) is 0. The van der Waals surface area contributed by atoms with Gasteiger partial charge in [0.25, 0.3) is 0 Å². The Balaban J connectivity index is 2.11. The van der Waals surface area contributed by atoms with Crippen LogP contribution in [-0.2, 0) is 0 Å². The molecule has 0 aromatic heterocycles. The molecule has 0 radical (unpaired) electrons. The molecule has 20 heavy (non-hydrogen) atoms. The summed E-state index contributed by atoms with van der Waals surface area (Å²) in [5, 5.41) is 3.92. The fourth-order valence-electron chi connectivity index (χ4n) is 3.78. The summed E-state index contributed by atoms with van der Waals surface area (Å²) in [6.07, 6.45) is 6.90. The molecule has 1 saturated carbocycles. The molecule has 1 aromatic rings. The summed E-state index contributed by atoms with van der Waals surface area (Å²) < 4.78 is 0. The fourth-order valence-corrected chi connectivity index (χ4v) is 3.78. The topological polar surface area (TPSA) is 12.0 Å². The molecule has 1 nitrogen and oxygen atoms in total. The van der Waals surface area contributed by atoms with E-state index in [1.165, 1.54) is 54.4 Å². The van der Waals surface area contributed by atoms with Gasteiger partial charge < -0.3 is 5.32 Å². The number of rotatable bonds is 4. The monoisotopic (exact) mass is 273 g/mol. The third-order valence-corrected chi connectivity index (χ3v) is 5.25. The second kappa shape index (κ2) is 6.76. The molecule has 0 saturated heterocycles. The van der Waals surface area contributed by atoms with Gasteiger partial charge in [-0.3, -0.25) is 0 Å². The average molecular weight is 273 g/mol. The van der Waals surface area contributed by atoms with Crippen molar-refractivity contribution in [2.24, 2.45) is 5.92 Å². The van der Waals surface area contributed by atoms with E-state index in [1.807, 2.05) is 0 Å². The first-order valence-corrected chi connectivity index (χ1v) is 8.36. The van der Waals surface area contributed by atoms with Crippen molar-refractivity contribution in [2.75, 3.05) is 0 Å². The van der Waals surface area contributed by atoms with Gasteiger partial charge in [0, 0.05) is 12.1 Å². The molecule has 2 rings (SSSR count). The van der Waals surface area contributed by atoms with E-state index in [9.17, 15) is 0 Å². The lowest BCUT2D eigenvalue weighted by molar-refractivity contribution is 0.240. The van der Waals surface area contributed by atoms with Gasteiger partial charge >= 0.3 is 0 Å². The van der Waals surface area contributed by atoms with Gasteiger partial charge in [-0.1, -0.05) is 38.3 Å². The van der Waals surface area contributed by atoms with Gasteiger partial charge in [-0.15, -0.1) is 0 Å². The molecule has 1 heteroatoms. The summed E-state index contributed by atoms with van der Waals surface area (Å²) in [4.78, 5) is 0. The Morgan fingerprint density at radius 1 is 1.05 bits per heavy atom. The Hall–Kier alpha value is -0.820. The van der Waals surface area contributed by atoms with Crippen LogP contribution >= 0.6 is 0 Å². The maximum Gasteiger partial charge on any atom is 0.0297 e. The molecular weight excluding hydrogens is 242 g/mol. The second-order valence-electron chi connectivity index (χ2n) is 6.74. The Morgan fingerprint density at radius 2 is 1.70 bits per heavy atom. The predicted molar refractivity (Wildman–Crippen MR) is 88.2 cm³/mol. The normalized spacial score (nSPS) is 24.6. The summed E-state index contributed by atoms with van der Waals surface area (Å²) in [5.74, 6) is 0.873. The first kappa shape index (κ1) is 15.6. The smallest absolute Gasteiger partial charge is 0.0297 e. The predicted octanol–water partition coefficient (Wildman–Crippen LogP) is 5.23. The zero-order valence-electron chi connectivity index (χ0n) is 13.9. The molecule has 1 fully saturated rings. The zero-order chi connectivity index (χ0) is 14.7. The van der Waals surface area contributed by atoms with E-state index < -0.39 is 0 Å². The van der Waals surface area contributed by atoms with Gasteiger partial charge in [0.05, 0.1) is 0 Å². The first-order chi connectivity index (χ1) is 9.52. The van der Waals surface area contributed by atoms with Crippen molar-refractivity contribution in [3.8, 4) is 0 Å². The van der Waals surface area contributed by atoms with Gasteiger partial charge in [0.15, 0.2) is 0 Å². The Morgan fingerprint density at radius 3 is 2.40 bits per heavy atom. The molecule has 1 aliphatic rings. The maximum atomic E-state index is 3.92. The largest absolute Gasteiger partial charge is 0.307 e. The van der Waals surface area contributed by atoms with Crippen molar-refractivity contribution in [1.82, 2.24) is 5.32 Å². The van der Waals surface area contributed by atoms with E-state index in [2.05, 4.69) is 52.1 Å². The molecule has 3 atom stereocenters. The maximum absolute atomic E-state index is 3.92. The fraction of sp³-hybridized carbons (Fsp3) is 0.684. The minimum Gasteiger partial charge on any atom is -0.307 e. The molecule has 0 aliphatic heterocycles. The van der Waals surface area contributed by atoms with Crippen LogP contribution in [0.4, 0.5) is 0 Å². The van der Waals surface area contributed by atoms with E-state index in [-0.39, 0.29) is 0 Å². The van der Waals surface area contributed by atoms with Crippen LogP contribution in [-0.4, -0.2) is 6.04 Å². The van der Waals surface area contributed by atoms with Crippen LogP contribution in [0.25, 0.3) is 0 Å². The third kappa shape index (κ3) is 3.44. The molecule has 3 unspecified atom stereocenters. The van der Waals surface area contributed by atoms with E-state index in [0.717, 1.165) is 5.92 Å². The number of benzene rings is 1. The second-order valence-corrected chi connectivity index (χ2v) is 6.74. The first-order valence-electron chi connectivity index (χ1n) is 8.36. The Bertz CT molecular complexity index is 449.